The molecule has 0 saturated heterocycles. The standard InChI is InChI=1S/C19H18N4O2S/c1-13-17(20-8-7-18(13)25-2)12-26(24)19-21-15-6-5-14(11-16(15)22-19)23-9-3-4-10-23/h3-11H,12H2,1-2H3,(H,21,22)/i1D3,2D3,12D2. The molecule has 3 aromatic heterocycles. The highest BCUT2D eigenvalue weighted by Gasteiger charge is 2.15. The summed E-state index contributed by atoms with van der Waals surface area (Å²) in [6.07, 6.45) is 4.68. The fourth-order valence-corrected chi connectivity index (χ4v) is 3.28. The third kappa shape index (κ3) is 3.01. The molecule has 3 heterocycles. The summed E-state index contributed by atoms with van der Waals surface area (Å²) < 4.78 is 82.2. The number of aromatic amines is 1. The van der Waals surface area contributed by atoms with E-state index in [-0.39, 0.29) is 5.16 Å². The Morgan fingerprint density at radius 1 is 1.35 bits per heavy atom. The summed E-state index contributed by atoms with van der Waals surface area (Å²) in [5, 5.41) is -0.231. The summed E-state index contributed by atoms with van der Waals surface area (Å²) in [5.74, 6) is -0.591. The topological polar surface area (TPSA) is 72.8 Å². The number of hydrogen-bond donors (Lipinski definition) is 1. The monoisotopic (exact) mass is 374 g/mol. The maximum Gasteiger partial charge on any atom is 0.197 e. The zero-order valence-corrected chi connectivity index (χ0v) is 14.1. The molecule has 7 heteroatoms. The van der Waals surface area contributed by atoms with Gasteiger partial charge in [-0.2, -0.15) is 0 Å². The van der Waals surface area contributed by atoms with Crippen molar-refractivity contribution < 1.29 is 19.9 Å². The third-order valence-corrected chi connectivity index (χ3v) is 4.66. The number of rotatable bonds is 5. The molecule has 0 bridgehead atoms. The third-order valence-electron chi connectivity index (χ3n) is 3.73. The molecule has 0 saturated carbocycles. The number of benzene rings is 1. The number of pyridine rings is 1. The first-order valence-electron chi connectivity index (χ1n) is 11.5. The van der Waals surface area contributed by atoms with Crippen LogP contribution in [0.1, 0.15) is 22.2 Å². The van der Waals surface area contributed by atoms with Crippen LogP contribution in [-0.2, 0) is 16.5 Å². The van der Waals surface area contributed by atoms with Crippen molar-refractivity contribution in [2.24, 2.45) is 0 Å². The van der Waals surface area contributed by atoms with Crippen molar-refractivity contribution in [1.29, 1.82) is 0 Å². The van der Waals surface area contributed by atoms with Crippen LogP contribution in [0.15, 0.2) is 60.1 Å². The Hall–Kier alpha value is -2.93. The molecule has 0 spiro atoms. The smallest absolute Gasteiger partial charge is 0.197 e. The molecule has 4 rings (SSSR count). The van der Waals surface area contributed by atoms with E-state index in [1.165, 1.54) is 0 Å². The van der Waals surface area contributed by atoms with Gasteiger partial charge in [0.1, 0.15) is 5.75 Å². The Morgan fingerprint density at radius 3 is 3.04 bits per heavy atom. The average molecular weight is 374 g/mol. The highest BCUT2D eigenvalue weighted by molar-refractivity contribution is 7.84. The molecule has 0 amide bonds. The van der Waals surface area contributed by atoms with Crippen molar-refractivity contribution in [2.75, 3.05) is 7.04 Å². The molecule has 132 valence electrons. The SMILES string of the molecule is [2H]C([2H])([2H])Oc1ccnc(C([2H])([2H])S(=O)c2nc3ccc(-n4cccc4)cc3[nH]2)c1C([2H])([2H])[2H]. The Kier molecular flexibility index (Phi) is 2.52. The lowest BCUT2D eigenvalue weighted by Gasteiger charge is -2.08. The van der Waals surface area contributed by atoms with E-state index in [9.17, 15) is 4.21 Å². The predicted molar refractivity (Wildman–Crippen MR) is 101 cm³/mol. The van der Waals surface area contributed by atoms with Crippen LogP contribution in [0.5, 0.6) is 5.75 Å². The van der Waals surface area contributed by atoms with Gasteiger partial charge in [-0.15, -0.1) is 0 Å². The molecule has 0 aliphatic rings. The van der Waals surface area contributed by atoms with Crippen LogP contribution in [0.25, 0.3) is 16.7 Å². The van der Waals surface area contributed by atoms with Crippen LogP contribution in [0, 0.1) is 6.85 Å². The van der Waals surface area contributed by atoms with Gasteiger partial charge in [0.05, 0.1) is 44.4 Å². The quantitative estimate of drug-likeness (QED) is 0.581. The largest absolute Gasteiger partial charge is 0.496 e. The van der Waals surface area contributed by atoms with E-state index >= 15 is 0 Å². The van der Waals surface area contributed by atoms with Crippen LogP contribution < -0.4 is 4.74 Å². The summed E-state index contributed by atoms with van der Waals surface area (Å²) in [6, 6.07) is 9.93. The van der Waals surface area contributed by atoms with Gasteiger partial charge in [0.15, 0.2) is 5.16 Å². The van der Waals surface area contributed by atoms with Gasteiger partial charge in [0.2, 0.25) is 0 Å². The predicted octanol–water partition coefficient (Wildman–Crippen LogP) is 3.37. The highest BCUT2D eigenvalue weighted by Crippen LogP contribution is 2.22. The summed E-state index contributed by atoms with van der Waals surface area (Å²) >= 11 is 0. The molecule has 0 fully saturated rings. The average Bonchev–Trinajstić information content (AvgIpc) is 3.40. The maximum atomic E-state index is 13.3. The minimum absolute atomic E-state index is 0.231. The van der Waals surface area contributed by atoms with E-state index in [1.54, 1.807) is 18.2 Å². The summed E-state index contributed by atoms with van der Waals surface area (Å²) in [4.78, 5) is 10.9. The van der Waals surface area contributed by atoms with Gasteiger partial charge >= 0.3 is 0 Å². The Morgan fingerprint density at radius 2 is 2.23 bits per heavy atom. The molecule has 6 nitrogen and oxygen atoms in total. The van der Waals surface area contributed by atoms with Crippen molar-refractivity contribution in [3.8, 4) is 11.4 Å². The van der Waals surface area contributed by atoms with Gasteiger partial charge in [0, 0.05) is 36.7 Å². The van der Waals surface area contributed by atoms with E-state index in [0.29, 0.717) is 11.0 Å². The molecule has 1 aromatic carbocycles. The number of hydrogen-bond acceptors (Lipinski definition) is 4. The van der Waals surface area contributed by atoms with Crippen molar-refractivity contribution >= 4 is 21.8 Å². The first kappa shape index (κ1) is 9.68. The van der Waals surface area contributed by atoms with Crippen LogP contribution >= 0.6 is 0 Å². The summed E-state index contributed by atoms with van der Waals surface area (Å²) in [6.45, 7) is -3.00. The molecule has 0 aliphatic carbocycles. The molecular formula is C19H18N4O2S. The van der Waals surface area contributed by atoms with Crippen molar-refractivity contribution in [3.05, 3.63) is 66.2 Å². The maximum absolute atomic E-state index is 13.3. The van der Waals surface area contributed by atoms with E-state index < -0.39 is 47.4 Å². The van der Waals surface area contributed by atoms with Gasteiger partial charge in [-0.05, 0) is 43.3 Å². The molecule has 0 aliphatic heterocycles. The fraction of sp³-hybridized carbons (Fsp3) is 0.158. The molecule has 4 aromatic rings. The molecule has 1 unspecified atom stereocenters. The van der Waals surface area contributed by atoms with E-state index in [2.05, 4.69) is 15.0 Å². The van der Waals surface area contributed by atoms with Gasteiger partial charge in [-0.25, -0.2) is 4.98 Å². The van der Waals surface area contributed by atoms with Crippen molar-refractivity contribution in [2.45, 2.75) is 17.7 Å². The lowest BCUT2D eigenvalue weighted by Crippen LogP contribution is -2.03. The number of imidazole rings is 1. The zero-order chi connectivity index (χ0) is 24.9. The fourth-order valence-electron chi connectivity index (χ4n) is 2.47. The minimum Gasteiger partial charge on any atom is -0.496 e. The second kappa shape index (κ2) is 6.76. The minimum atomic E-state index is -3.00. The number of H-pyrrole nitrogens is 1. The Balaban J connectivity index is 1.78. The Labute approximate surface area is 164 Å². The summed E-state index contributed by atoms with van der Waals surface area (Å²) in [7, 11) is -5.53. The molecule has 1 atom stereocenters. The number of methoxy groups -OCH3 is 1. The lowest BCUT2D eigenvalue weighted by atomic mass is 10.2. The van der Waals surface area contributed by atoms with Gasteiger partial charge < -0.3 is 14.3 Å². The van der Waals surface area contributed by atoms with Crippen LogP contribution in [0.2, 0.25) is 0 Å². The number of fused-ring (bicyclic) bond motifs is 1. The first-order chi connectivity index (χ1) is 15.8. The van der Waals surface area contributed by atoms with E-state index in [1.807, 2.05) is 29.1 Å². The number of aromatic nitrogens is 4. The van der Waals surface area contributed by atoms with Crippen LogP contribution in [0.4, 0.5) is 0 Å². The number of nitrogens with one attached hydrogen (secondary N) is 1. The zero-order valence-electron chi connectivity index (χ0n) is 21.3. The van der Waals surface area contributed by atoms with Crippen LogP contribution in [0.3, 0.4) is 0 Å². The molecular weight excluding hydrogens is 348 g/mol. The first-order valence-corrected chi connectivity index (χ1v) is 8.66. The molecule has 1 N–H and O–H groups in total. The second-order valence-electron chi connectivity index (χ2n) is 5.34. The van der Waals surface area contributed by atoms with Gasteiger partial charge in [-0.3, -0.25) is 9.19 Å². The van der Waals surface area contributed by atoms with Crippen molar-refractivity contribution in [3.63, 3.8) is 0 Å². The normalized spacial score (nSPS) is 18.5. The highest BCUT2D eigenvalue weighted by atomic mass is 32.2. The molecule has 26 heavy (non-hydrogen) atoms. The van der Waals surface area contributed by atoms with Crippen molar-refractivity contribution in [1.82, 2.24) is 19.5 Å². The molecule has 0 radical (unpaired) electrons. The Bertz CT molecular complexity index is 1360. The second-order valence-corrected chi connectivity index (χ2v) is 6.47. The lowest BCUT2D eigenvalue weighted by molar-refractivity contribution is 0.410. The van der Waals surface area contributed by atoms with Gasteiger partial charge in [-0.1, -0.05) is 0 Å². The van der Waals surface area contributed by atoms with E-state index in [4.69, 9.17) is 15.7 Å². The number of ether oxygens (including phenoxy) is 1. The van der Waals surface area contributed by atoms with Gasteiger partial charge in [0.25, 0.3) is 0 Å². The number of nitrogens with zero attached hydrogens (tertiary/aromatic N) is 3. The van der Waals surface area contributed by atoms with Crippen LogP contribution in [-0.4, -0.2) is 30.8 Å². The van der Waals surface area contributed by atoms with E-state index in [0.717, 1.165) is 18.0 Å². The summed E-state index contributed by atoms with van der Waals surface area (Å²) in [5.41, 5.74) is -2.62.